The minimum absolute atomic E-state index is 0.145. The highest BCUT2D eigenvalue weighted by Crippen LogP contribution is 2.14. The summed E-state index contributed by atoms with van der Waals surface area (Å²) in [7, 11) is 0. The van der Waals surface area contributed by atoms with Gasteiger partial charge < -0.3 is 10.1 Å². The zero-order valence-electron chi connectivity index (χ0n) is 14.2. The summed E-state index contributed by atoms with van der Waals surface area (Å²) < 4.78 is 5.77. The van der Waals surface area contributed by atoms with E-state index < -0.39 is 0 Å². The van der Waals surface area contributed by atoms with E-state index in [2.05, 4.69) is 58.5 Å². The highest BCUT2D eigenvalue weighted by molar-refractivity contribution is 5.91. The van der Waals surface area contributed by atoms with Gasteiger partial charge in [0.2, 0.25) is 0 Å². The van der Waals surface area contributed by atoms with Crippen LogP contribution in [0.25, 0.3) is 0 Å². The number of morpholine rings is 1. The molecular formula is C18H24N4O2. The number of rotatable bonds is 5. The van der Waals surface area contributed by atoms with Crippen molar-refractivity contribution in [2.24, 2.45) is 0 Å². The molecule has 0 spiro atoms. The van der Waals surface area contributed by atoms with Gasteiger partial charge in [-0.2, -0.15) is 5.10 Å². The highest BCUT2D eigenvalue weighted by atomic mass is 16.5. The van der Waals surface area contributed by atoms with E-state index in [1.807, 2.05) is 0 Å². The Kier molecular flexibility index (Phi) is 5.27. The van der Waals surface area contributed by atoms with Gasteiger partial charge in [-0.15, -0.1) is 0 Å². The molecule has 0 saturated carbocycles. The number of hydrogen-bond donors (Lipinski definition) is 2. The minimum atomic E-state index is -0.145. The van der Waals surface area contributed by atoms with Gasteiger partial charge >= 0.3 is 0 Å². The molecule has 1 aliphatic rings. The number of H-pyrrole nitrogens is 1. The lowest BCUT2D eigenvalue weighted by atomic mass is 10.1. The fourth-order valence-electron chi connectivity index (χ4n) is 3.09. The third-order valence-corrected chi connectivity index (χ3v) is 4.12. The number of hydrogen-bond acceptors (Lipinski definition) is 4. The van der Waals surface area contributed by atoms with Gasteiger partial charge in [0.05, 0.1) is 12.2 Å². The molecule has 1 amide bonds. The van der Waals surface area contributed by atoms with Crippen LogP contribution >= 0.6 is 0 Å². The van der Waals surface area contributed by atoms with Gasteiger partial charge in [0.1, 0.15) is 5.69 Å². The van der Waals surface area contributed by atoms with Crippen molar-refractivity contribution < 1.29 is 9.53 Å². The molecule has 24 heavy (non-hydrogen) atoms. The SMILES string of the molecule is CC1CN(Cc2ccc(CNC(=O)c3ccn[nH]3)cc2)CC(C)O1. The molecule has 2 aromatic rings. The molecule has 1 aromatic heterocycles. The summed E-state index contributed by atoms with van der Waals surface area (Å²) in [6, 6.07) is 10.0. The molecule has 128 valence electrons. The van der Waals surface area contributed by atoms with Crippen molar-refractivity contribution in [2.75, 3.05) is 13.1 Å². The largest absolute Gasteiger partial charge is 0.373 e. The van der Waals surface area contributed by atoms with Gasteiger partial charge in [-0.25, -0.2) is 0 Å². The first-order valence-electron chi connectivity index (χ1n) is 8.33. The first-order chi connectivity index (χ1) is 11.6. The number of ether oxygens (including phenoxy) is 1. The van der Waals surface area contributed by atoms with Crippen LogP contribution in [0.4, 0.5) is 0 Å². The van der Waals surface area contributed by atoms with E-state index in [0.29, 0.717) is 12.2 Å². The van der Waals surface area contributed by atoms with Crippen molar-refractivity contribution >= 4 is 5.91 Å². The van der Waals surface area contributed by atoms with Gasteiger partial charge in [0, 0.05) is 32.4 Å². The van der Waals surface area contributed by atoms with E-state index >= 15 is 0 Å². The van der Waals surface area contributed by atoms with Gasteiger partial charge in [0.15, 0.2) is 0 Å². The van der Waals surface area contributed by atoms with E-state index in [1.165, 1.54) is 5.56 Å². The number of carbonyl (C=O) groups is 1. The number of amides is 1. The van der Waals surface area contributed by atoms with Crippen LogP contribution in [-0.2, 0) is 17.8 Å². The molecule has 2 N–H and O–H groups in total. The Bertz CT molecular complexity index is 644. The molecular weight excluding hydrogens is 304 g/mol. The van der Waals surface area contributed by atoms with E-state index in [1.54, 1.807) is 12.3 Å². The van der Waals surface area contributed by atoms with E-state index in [-0.39, 0.29) is 18.1 Å². The Morgan fingerprint density at radius 3 is 2.50 bits per heavy atom. The van der Waals surface area contributed by atoms with Crippen molar-refractivity contribution in [3.8, 4) is 0 Å². The van der Waals surface area contributed by atoms with Crippen LogP contribution < -0.4 is 5.32 Å². The summed E-state index contributed by atoms with van der Waals surface area (Å²) in [6.07, 6.45) is 2.13. The van der Waals surface area contributed by atoms with Crippen LogP contribution in [-0.4, -0.2) is 46.3 Å². The number of nitrogens with one attached hydrogen (secondary N) is 2. The molecule has 1 aliphatic heterocycles. The first kappa shape index (κ1) is 16.7. The predicted molar refractivity (Wildman–Crippen MR) is 91.5 cm³/mol. The lowest BCUT2D eigenvalue weighted by Gasteiger charge is -2.35. The zero-order chi connectivity index (χ0) is 16.9. The van der Waals surface area contributed by atoms with Gasteiger partial charge in [-0.1, -0.05) is 24.3 Å². The van der Waals surface area contributed by atoms with Crippen LogP contribution in [0.2, 0.25) is 0 Å². The fourth-order valence-corrected chi connectivity index (χ4v) is 3.09. The number of benzene rings is 1. The first-order valence-corrected chi connectivity index (χ1v) is 8.33. The topological polar surface area (TPSA) is 70.2 Å². The maximum atomic E-state index is 11.9. The van der Waals surface area contributed by atoms with E-state index in [9.17, 15) is 4.79 Å². The maximum absolute atomic E-state index is 11.9. The van der Waals surface area contributed by atoms with Crippen molar-refractivity contribution in [3.05, 3.63) is 53.3 Å². The number of aromatic nitrogens is 2. The Hall–Kier alpha value is -2.18. The molecule has 0 bridgehead atoms. The van der Waals surface area contributed by atoms with Crippen molar-refractivity contribution in [1.82, 2.24) is 20.4 Å². The lowest BCUT2D eigenvalue weighted by molar-refractivity contribution is -0.0704. The van der Waals surface area contributed by atoms with Crippen molar-refractivity contribution in [3.63, 3.8) is 0 Å². The standard InChI is InChI=1S/C18H24N4O2/c1-13-10-22(11-14(2)24-13)12-16-5-3-15(4-6-16)9-19-18(23)17-7-8-20-21-17/h3-8,13-14H,9-12H2,1-2H3,(H,19,23)(H,20,21). The molecule has 6 nitrogen and oxygen atoms in total. The summed E-state index contributed by atoms with van der Waals surface area (Å²) in [5, 5.41) is 9.31. The third-order valence-electron chi connectivity index (χ3n) is 4.12. The normalized spacial score (nSPS) is 21.6. The second kappa shape index (κ2) is 7.59. The summed E-state index contributed by atoms with van der Waals surface area (Å²) in [5.41, 5.74) is 2.83. The van der Waals surface area contributed by atoms with Crippen LogP contribution in [0, 0.1) is 0 Å². The smallest absolute Gasteiger partial charge is 0.269 e. The molecule has 1 aromatic carbocycles. The molecule has 6 heteroatoms. The van der Waals surface area contributed by atoms with Crippen molar-refractivity contribution in [2.45, 2.75) is 39.1 Å². The van der Waals surface area contributed by atoms with Crippen LogP contribution in [0.15, 0.2) is 36.5 Å². The lowest BCUT2D eigenvalue weighted by Crippen LogP contribution is -2.44. The zero-order valence-corrected chi connectivity index (χ0v) is 14.2. The predicted octanol–water partition coefficient (Wildman–Crippen LogP) is 1.95. The second-order valence-corrected chi connectivity index (χ2v) is 6.42. The summed E-state index contributed by atoms with van der Waals surface area (Å²) in [4.78, 5) is 14.3. The highest BCUT2D eigenvalue weighted by Gasteiger charge is 2.21. The monoisotopic (exact) mass is 328 g/mol. The van der Waals surface area contributed by atoms with E-state index in [0.717, 1.165) is 25.2 Å². The Morgan fingerprint density at radius 1 is 1.21 bits per heavy atom. The van der Waals surface area contributed by atoms with Crippen LogP contribution in [0.3, 0.4) is 0 Å². The summed E-state index contributed by atoms with van der Waals surface area (Å²) in [5.74, 6) is -0.145. The van der Waals surface area contributed by atoms with Gasteiger partial charge in [-0.3, -0.25) is 14.8 Å². The van der Waals surface area contributed by atoms with Crippen molar-refractivity contribution in [1.29, 1.82) is 0 Å². The van der Waals surface area contributed by atoms with Gasteiger partial charge in [0.25, 0.3) is 5.91 Å². The molecule has 2 atom stereocenters. The molecule has 2 unspecified atom stereocenters. The Labute approximate surface area is 142 Å². The Balaban J connectivity index is 1.51. The summed E-state index contributed by atoms with van der Waals surface area (Å²) >= 11 is 0. The molecule has 3 rings (SSSR count). The number of aromatic amines is 1. The minimum Gasteiger partial charge on any atom is -0.373 e. The number of nitrogens with zero attached hydrogens (tertiary/aromatic N) is 2. The molecule has 1 fully saturated rings. The van der Waals surface area contributed by atoms with Crippen LogP contribution in [0.1, 0.15) is 35.5 Å². The van der Waals surface area contributed by atoms with Gasteiger partial charge in [-0.05, 0) is 31.0 Å². The van der Waals surface area contributed by atoms with Crippen LogP contribution in [0.5, 0.6) is 0 Å². The molecule has 0 radical (unpaired) electrons. The fraction of sp³-hybridized carbons (Fsp3) is 0.444. The second-order valence-electron chi connectivity index (χ2n) is 6.42. The molecule has 0 aliphatic carbocycles. The third kappa shape index (κ3) is 4.43. The molecule has 2 heterocycles. The average molecular weight is 328 g/mol. The number of carbonyl (C=O) groups excluding carboxylic acids is 1. The van der Waals surface area contributed by atoms with E-state index in [4.69, 9.17) is 4.74 Å². The molecule has 1 saturated heterocycles. The summed E-state index contributed by atoms with van der Waals surface area (Å²) in [6.45, 7) is 7.60. The average Bonchev–Trinajstić information content (AvgIpc) is 3.07. The Morgan fingerprint density at radius 2 is 1.88 bits per heavy atom. The maximum Gasteiger partial charge on any atom is 0.269 e. The quantitative estimate of drug-likeness (QED) is 0.880.